The topological polar surface area (TPSA) is 91.8 Å². The summed E-state index contributed by atoms with van der Waals surface area (Å²) in [5.41, 5.74) is 1.29. The molecule has 2 aliphatic heterocycles. The van der Waals surface area contributed by atoms with Gasteiger partial charge in [-0.1, -0.05) is 32.4 Å². The molecular weight excluding hydrogens is 516 g/mol. The van der Waals surface area contributed by atoms with Crippen molar-refractivity contribution < 1.29 is 19.1 Å². The maximum Gasteiger partial charge on any atom is 0.254 e. The Morgan fingerprint density at radius 1 is 0.923 bits per heavy atom. The van der Waals surface area contributed by atoms with Gasteiger partial charge in [-0.2, -0.15) is 0 Å². The first-order chi connectivity index (χ1) is 18.6. The Morgan fingerprint density at radius 2 is 1.59 bits per heavy atom. The lowest BCUT2D eigenvalue weighted by atomic mass is 9.95. The third kappa shape index (κ3) is 5.91. The number of hydrogen-bond donors (Lipinski definition) is 1. The minimum absolute atomic E-state index is 0.0136. The Morgan fingerprint density at radius 3 is 2.23 bits per heavy atom. The minimum atomic E-state index is -0.504. The summed E-state index contributed by atoms with van der Waals surface area (Å²) in [6.07, 6.45) is 2.37. The normalized spacial score (nSPS) is 18.6. The van der Waals surface area contributed by atoms with Crippen molar-refractivity contribution in [2.24, 2.45) is 11.3 Å². The van der Waals surface area contributed by atoms with Crippen LogP contribution in [0.25, 0.3) is 0 Å². The van der Waals surface area contributed by atoms with Gasteiger partial charge in [-0.3, -0.25) is 14.4 Å². The van der Waals surface area contributed by atoms with Crippen LogP contribution in [-0.4, -0.2) is 58.2 Å². The third-order valence-corrected chi connectivity index (χ3v) is 7.41. The van der Waals surface area contributed by atoms with Crippen LogP contribution in [0.2, 0.25) is 5.02 Å². The lowest BCUT2D eigenvalue weighted by Gasteiger charge is -2.25. The van der Waals surface area contributed by atoms with E-state index in [0.29, 0.717) is 53.1 Å². The highest BCUT2D eigenvalue weighted by molar-refractivity contribution is 6.30. The zero-order valence-electron chi connectivity index (χ0n) is 22.2. The molecule has 0 spiro atoms. The van der Waals surface area contributed by atoms with Gasteiger partial charge in [-0.25, -0.2) is 4.98 Å². The highest BCUT2D eigenvalue weighted by atomic mass is 35.5. The molecule has 9 heteroatoms. The summed E-state index contributed by atoms with van der Waals surface area (Å²) < 4.78 is 5.72. The van der Waals surface area contributed by atoms with Crippen molar-refractivity contribution in [2.45, 2.75) is 33.2 Å². The number of amides is 3. The van der Waals surface area contributed by atoms with Crippen molar-refractivity contribution in [3.63, 3.8) is 0 Å². The molecule has 2 atom stereocenters. The molecule has 1 aromatic heterocycles. The third-order valence-electron chi connectivity index (χ3n) is 7.19. The van der Waals surface area contributed by atoms with Gasteiger partial charge in [0, 0.05) is 60.0 Å². The smallest absolute Gasteiger partial charge is 0.254 e. The lowest BCUT2D eigenvalue weighted by molar-refractivity contribution is -0.123. The van der Waals surface area contributed by atoms with Crippen LogP contribution in [0.1, 0.15) is 47.9 Å². The van der Waals surface area contributed by atoms with Gasteiger partial charge in [0.05, 0.1) is 11.1 Å². The number of ether oxygens (including phenoxy) is 1. The van der Waals surface area contributed by atoms with Crippen LogP contribution < -0.4 is 10.1 Å². The van der Waals surface area contributed by atoms with E-state index in [9.17, 15) is 14.4 Å². The first kappa shape index (κ1) is 26.7. The molecule has 1 N–H and O–H groups in total. The predicted octanol–water partition coefficient (Wildman–Crippen LogP) is 5.50. The standard InChI is InChI=1S/C30H31ClN4O4/c1-30(2,3)29(38)33-23-9-4-20(5-10-23)28(37)35-15-14-21-17-34(18-25(21)35)27(36)19-6-11-24(12-7-19)39-26-13-8-22(31)16-32-26/h4-13,16,21,25H,14-15,17-18H2,1-3H3,(H,33,38)/t21-,25+/m0/s1. The van der Waals surface area contributed by atoms with Gasteiger partial charge < -0.3 is 19.9 Å². The van der Waals surface area contributed by atoms with Crippen molar-refractivity contribution in [3.8, 4) is 11.6 Å². The number of aromatic nitrogens is 1. The van der Waals surface area contributed by atoms with Crippen molar-refractivity contribution in [1.29, 1.82) is 0 Å². The van der Waals surface area contributed by atoms with E-state index in [2.05, 4.69) is 10.3 Å². The molecule has 8 nitrogen and oxygen atoms in total. The first-order valence-electron chi connectivity index (χ1n) is 13.0. The van der Waals surface area contributed by atoms with E-state index in [1.54, 1.807) is 60.7 Å². The van der Waals surface area contributed by atoms with Gasteiger partial charge in [0.2, 0.25) is 11.8 Å². The zero-order chi connectivity index (χ0) is 27.7. The van der Waals surface area contributed by atoms with Crippen molar-refractivity contribution >= 4 is 35.0 Å². The molecule has 0 saturated carbocycles. The number of nitrogens with one attached hydrogen (secondary N) is 1. The minimum Gasteiger partial charge on any atom is -0.439 e. The summed E-state index contributed by atoms with van der Waals surface area (Å²) in [6, 6.07) is 17.3. The number of carbonyl (C=O) groups excluding carboxylic acids is 3. The molecule has 3 amide bonds. The molecular formula is C30H31ClN4O4. The molecule has 0 unspecified atom stereocenters. The Bertz CT molecular complexity index is 1370. The second-order valence-corrected chi connectivity index (χ2v) is 11.5. The van der Waals surface area contributed by atoms with E-state index in [4.69, 9.17) is 16.3 Å². The van der Waals surface area contributed by atoms with Gasteiger partial charge in [0.15, 0.2) is 0 Å². The summed E-state index contributed by atoms with van der Waals surface area (Å²) in [7, 11) is 0. The number of anilines is 1. The zero-order valence-corrected chi connectivity index (χ0v) is 22.9. The monoisotopic (exact) mass is 546 g/mol. The van der Waals surface area contributed by atoms with Gasteiger partial charge in [0.1, 0.15) is 5.75 Å². The molecule has 0 bridgehead atoms. The fourth-order valence-electron chi connectivity index (χ4n) is 4.95. The molecule has 2 fully saturated rings. The summed E-state index contributed by atoms with van der Waals surface area (Å²) >= 11 is 5.86. The van der Waals surface area contributed by atoms with Crippen LogP contribution in [0.5, 0.6) is 11.6 Å². The second kappa shape index (κ2) is 10.7. The van der Waals surface area contributed by atoms with Crippen LogP contribution in [0, 0.1) is 11.3 Å². The molecule has 39 heavy (non-hydrogen) atoms. The van der Waals surface area contributed by atoms with Gasteiger partial charge in [-0.15, -0.1) is 0 Å². The maximum absolute atomic E-state index is 13.3. The number of rotatable bonds is 5. The van der Waals surface area contributed by atoms with Crippen LogP contribution >= 0.6 is 11.6 Å². The highest BCUT2D eigenvalue weighted by Crippen LogP contribution is 2.34. The summed E-state index contributed by atoms with van der Waals surface area (Å²) in [6.45, 7) is 7.35. The Hall–Kier alpha value is -3.91. The van der Waals surface area contributed by atoms with Gasteiger partial charge in [-0.05, 0) is 61.0 Å². The molecule has 202 valence electrons. The Labute approximate surface area is 232 Å². The van der Waals surface area contributed by atoms with E-state index in [1.807, 2.05) is 30.6 Å². The fraction of sp³-hybridized carbons (Fsp3) is 0.333. The largest absolute Gasteiger partial charge is 0.439 e. The van der Waals surface area contributed by atoms with E-state index >= 15 is 0 Å². The molecule has 2 aromatic carbocycles. The molecule has 2 saturated heterocycles. The van der Waals surface area contributed by atoms with Crippen molar-refractivity contribution in [2.75, 3.05) is 25.0 Å². The molecule has 0 radical (unpaired) electrons. The quantitative estimate of drug-likeness (QED) is 0.456. The molecule has 3 heterocycles. The van der Waals surface area contributed by atoms with Crippen LogP contribution in [0.15, 0.2) is 66.9 Å². The Kier molecular flexibility index (Phi) is 7.32. The highest BCUT2D eigenvalue weighted by Gasteiger charge is 2.45. The second-order valence-electron chi connectivity index (χ2n) is 11.0. The number of hydrogen-bond acceptors (Lipinski definition) is 5. The average molecular weight is 547 g/mol. The predicted molar refractivity (Wildman–Crippen MR) is 149 cm³/mol. The summed E-state index contributed by atoms with van der Waals surface area (Å²) in [5, 5.41) is 3.41. The van der Waals surface area contributed by atoms with Crippen molar-refractivity contribution in [1.82, 2.24) is 14.8 Å². The first-order valence-corrected chi connectivity index (χ1v) is 13.4. The molecule has 0 aliphatic carbocycles. The Balaban J connectivity index is 1.19. The van der Waals surface area contributed by atoms with Crippen molar-refractivity contribution in [3.05, 3.63) is 83.0 Å². The summed E-state index contributed by atoms with van der Waals surface area (Å²) in [4.78, 5) is 46.7. The van der Waals surface area contributed by atoms with E-state index in [0.717, 1.165) is 6.42 Å². The number of likely N-dealkylation sites (tertiary alicyclic amines) is 2. The number of fused-ring (bicyclic) bond motifs is 1. The van der Waals surface area contributed by atoms with Crippen LogP contribution in [0.4, 0.5) is 5.69 Å². The molecule has 2 aliphatic rings. The van der Waals surface area contributed by atoms with Crippen LogP contribution in [0.3, 0.4) is 0 Å². The number of nitrogens with zero attached hydrogens (tertiary/aromatic N) is 3. The average Bonchev–Trinajstić information content (AvgIpc) is 3.51. The van der Waals surface area contributed by atoms with Gasteiger partial charge in [0.25, 0.3) is 11.8 Å². The summed E-state index contributed by atoms with van der Waals surface area (Å²) in [5.74, 6) is 1.04. The fourth-order valence-corrected chi connectivity index (χ4v) is 5.06. The van der Waals surface area contributed by atoms with Gasteiger partial charge >= 0.3 is 0 Å². The lowest BCUT2D eigenvalue weighted by Crippen LogP contribution is -2.40. The number of halogens is 1. The number of carbonyl (C=O) groups is 3. The van der Waals surface area contributed by atoms with Crippen LogP contribution in [-0.2, 0) is 4.79 Å². The van der Waals surface area contributed by atoms with E-state index in [-0.39, 0.29) is 29.7 Å². The van der Waals surface area contributed by atoms with E-state index < -0.39 is 5.41 Å². The maximum atomic E-state index is 13.3. The number of pyridine rings is 1. The molecule has 3 aromatic rings. The molecule has 5 rings (SSSR count). The SMILES string of the molecule is CC(C)(C)C(=O)Nc1ccc(C(=O)N2CC[C@H]3CN(C(=O)c4ccc(Oc5ccc(Cl)cn5)cc4)C[C@H]32)cc1. The number of benzene rings is 2. The van der Waals surface area contributed by atoms with E-state index in [1.165, 1.54) is 6.20 Å².